The maximum atomic E-state index is 12.4. The highest BCUT2D eigenvalue weighted by Crippen LogP contribution is 2.27. The number of rotatable bonds is 4. The molecule has 1 amide bonds. The summed E-state index contributed by atoms with van der Waals surface area (Å²) in [5.74, 6) is 0.657. The fourth-order valence-corrected chi connectivity index (χ4v) is 4.70. The quantitative estimate of drug-likeness (QED) is 0.871. The minimum atomic E-state index is -0.152. The van der Waals surface area contributed by atoms with Gasteiger partial charge in [-0.2, -0.15) is 5.10 Å². The fourth-order valence-electron chi connectivity index (χ4n) is 3.54. The van der Waals surface area contributed by atoms with Crippen molar-refractivity contribution >= 4 is 17.2 Å². The summed E-state index contributed by atoms with van der Waals surface area (Å²) in [5.41, 5.74) is 1.12. The van der Waals surface area contributed by atoms with Crippen molar-refractivity contribution in [2.75, 3.05) is 6.54 Å². The monoisotopic (exact) mass is 347 g/mol. The molecule has 0 bridgehead atoms. The number of nitrogens with one attached hydrogen (secondary N) is 1. The Balaban J connectivity index is 1.32. The van der Waals surface area contributed by atoms with Gasteiger partial charge in [0.05, 0.1) is 16.6 Å². The lowest BCUT2D eigenvalue weighted by molar-refractivity contribution is -0.125. The zero-order valence-corrected chi connectivity index (χ0v) is 14.6. The maximum Gasteiger partial charge on any atom is 0.345 e. The smallest absolute Gasteiger partial charge is 0.345 e. The van der Waals surface area contributed by atoms with Crippen LogP contribution in [0.2, 0.25) is 0 Å². The van der Waals surface area contributed by atoms with Crippen LogP contribution in [0.3, 0.4) is 0 Å². The van der Waals surface area contributed by atoms with Crippen molar-refractivity contribution in [2.24, 2.45) is 13.0 Å². The largest absolute Gasteiger partial charge is 0.355 e. The van der Waals surface area contributed by atoms with Crippen LogP contribution in [0.5, 0.6) is 0 Å². The normalized spacial score (nSPS) is 19.1. The van der Waals surface area contributed by atoms with E-state index in [4.69, 9.17) is 0 Å². The minimum Gasteiger partial charge on any atom is -0.355 e. The first-order chi connectivity index (χ1) is 11.6. The standard InChI is InChI=1S/C16H21N5O2S/c1-20-16(23)21-9-10(5-6-13(21)19-20)15(22)17-8-7-14-18-11-3-2-4-12(11)24-14/h10H,2-9H2,1H3,(H,17,22)/t10-/m0/s1. The SMILES string of the molecule is Cn1nc2n(c1=O)C[C@@H](C(=O)NCCc1nc3c(s1)CCC3)CC2. The van der Waals surface area contributed by atoms with E-state index in [-0.39, 0.29) is 17.5 Å². The summed E-state index contributed by atoms with van der Waals surface area (Å²) >= 11 is 1.79. The van der Waals surface area contributed by atoms with Crippen LogP contribution in [-0.2, 0) is 44.1 Å². The van der Waals surface area contributed by atoms with Crippen molar-refractivity contribution in [3.63, 3.8) is 0 Å². The number of thiazole rings is 1. The maximum absolute atomic E-state index is 12.4. The highest BCUT2D eigenvalue weighted by molar-refractivity contribution is 7.11. The van der Waals surface area contributed by atoms with E-state index in [0.29, 0.717) is 19.5 Å². The van der Waals surface area contributed by atoms with E-state index in [1.54, 1.807) is 23.0 Å². The van der Waals surface area contributed by atoms with E-state index >= 15 is 0 Å². The van der Waals surface area contributed by atoms with Crippen LogP contribution in [0, 0.1) is 5.92 Å². The number of hydrogen-bond acceptors (Lipinski definition) is 5. The number of amides is 1. The molecule has 1 aliphatic heterocycles. The molecule has 4 rings (SSSR count). The van der Waals surface area contributed by atoms with E-state index in [2.05, 4.69) is 15.4 Å². The number of nitrogens with zero attached hydrogens (tertiary/aromatic N) is 4. The van der Waals surface area contributed by atoms with Gasteiger partial charge in [0.2, 0.25) is 5.91 Å². The lowest BCUT2D eigenvalue weighted by Gasteiger charge is -2.21. The third-order valence-corrected chi connectivity index (χ3v) is 6.07. The molecule has 2 aromatic rings. The van der Waals surface area contributed by atoms with Gasteiger partial charge in [-0.1, -0.05) is 0 Å². The van der Waals surface area contributed by atoms with Crippen LogP contribution in [0.25, 0.3) is 0 Å². The van der Waals surface area contributed by atoms with Crippen molar-refractivity contribution in [3.05, 3.63) is 31.9 Å². The van der Waals surface area contributed by atoms with Gasteiger partial charge in [-0.3, -0.25) is 9.36 Å². The summed E-state index contributed by atoms with van der Waals surface area (Å²) in [7, 11) is 1.65. The Morgan fingerprint density at radius 2 is 2.25 bits per heavy atom. The van der Waals surface area contributed by atoms with E-state index in [1.807, 2.05) is 0 Å². The van der Waals surface area contributed by atoms with Gasteiger partial charge in [0, 0.05) is 37.9 Å². The Hall–Kier alpha value is -1.96. The van der Waals surface area contributed by atoms with Gasteiger partial charge in [-0.15, -0.1) is 11.3 Å². The predicted molar refractivity (Wildman–Crippen MR) is 90.1 cm³/mol. The zero-order valence-electron chi connectivity index (χ0n) is 13.7. The molecule has 2 aliphatic rings. The summed E-state index contributed by atoms with van der Waals surface area (Å²) in [5, 5.41) is 8.33. The highest BCUT2D eigenvalue weighted by Gasteiger charge is 2.27. The molecule has 0 radical (unpaired) electrons. The second kappa shape index (κ2) is 6.16. The Morgan fingerprint density at radius 3 is 3.08 bits per heavy atom. The predicted octanol–water partition coefficient (Wildman–Crippen LogP) is 0.448. The van der Waals surface area contributed by atoms with Crippen LogP contribution in [0.1, 0.15) is 34.2 Å². The molecule has 0 aromatic carbocycles. The first-order valence-corrected chi connectivity index (χ1v) is 9.31. The Morgan fingerprint density at radius 1 is 1.38 bits per heavy atom. The van der Waals surface area contributed by atoms with Gasteiger partial charge >= 0.3 is 5.69 Å². The number of fused-ring (bicyclic) bond motifs is 2. The summed E-state index contributed by atoms with van der Waals surface area (Å²) in [6.07, 6.45) is 5.68. The lowest BCUT2D eigenvalue weighted by atomic mass is 9.98. The van der Waals surface area contributed by atoms with Gasteiger partial charge in [0.25, 0.3) is 0 Å². The van der Waals surface area contributed by atoms with Crippen LogP contribution < -0.4 is 11.0 Å². The third kappa shape index (κ3) is 2.79. The van der Waals surface area contributed by atoms with E-state index < -0.39 is 0 Å². The summed E-state index contributed by atoms with van der Waals surface area (Å²) < 4.78 is 2.97. The second-order valence-corrected chi connectivity index (χ2v) is 7.71. The molecule has 7 nitrogen and oxygen atoms in total. The van der Waals surface area contributed by atoms with Gasteiger partial charge in [0.15, 0.2) is 0 Å². The molecule has 1 N–H and O–H groups in total. The molecule has 1 atom stereocenters. The van der Waals surface area contributed by atoms with Crippen molar-refractivity contribution < 1.29 is 4.79 Å². The molecule has 8 heteroatoms. The minimum absolute atomic E-state index is 0.0282. The number of hydrogen-bond donors (Lipinski definition) is 1. The van der Waals surface area contributed by atoms with E-state index in [0.717, 1.165) is 36.5 Å². The van der Waals surface area contributed by atoms with E-state index in [1.165, 1.54) is 21.7 Å². The van der Waals surface area contributed by atoms with E-state index in [9.17, 15) is 9.59 Å². The molecular formula is C16H21N5O2S. The molecule has 0 spiro atoms. The molecular weight excluding hydrogens is 326 g/mol. The average Bonchev–Trinajstić information content (AvgIpc) is 3.22. The van der Waals surface area contributed by atoms with Crippen LogP contribution in [0.15, 0.2) is 4.79 Å². The summed E-state index contributed by atoms with van der Waals surface area (Å²) in [6, 6.07) is 0. The van der Waals surface area contributed by atoms with Crippen molar-refractivity contribution in [1.82, 2.24) is 24.6 Å². The second-order valence-electron chi connectivity index (χ2n) is 6.54. The zero-order chi connectivity index (χ0) is 16.7. The molecule has 0 unspecified atom stereocenters. The topological polar surface area (TPSA) is 81.8 Å². The van der Waals surface area contributed by atoms with Gasteiger partial charge in [-0.05, 0) is 25.7 Å². The summed E-state index contributed by atoms with van der Waals surface area (Å²) in [4.78, 5) is 30.4. The molecule has 2 aromatic heterocycles. The Kier molecular flexibility index (Phi) is 3.99. The van der Waals surface area contributed by atoms with Gasteiger partial charge in [0.1, 0.15) is 5.82 Å². The van der Waals surface area contributed by atoms with Gasteiger partial charge < -0.3 is 5.32 Å². The van der Waals surface area contributed by atoms with Crippen molar-refractivity contribution in [3.8, 4) is 0 Å². The third-order valence-electron chi connectivity index (χ3n) is 4.85. The molecule has 128 valence electrons. The first-order valence-electron chi connectivity index (χ1n) is 8.49. The first kappa shape index (κ1) is 15.6. The number of aryl methyl sites for hydroxylation is 4. The Labute approximate surface area is 143 Å². The Bertz CT molecular complexity index is 813. The van der Waals surface area contributed by atoms with Crippen molar-refractivity contribution in [1.29, 1.82) is 0 Å². The molecule has 24 heavy (non-hydrogen) atoms. The molecule has 3 heterocycles. The summed E-state index contributed by atoms with van der Waals surface area (Å²) in [6.45, 7) is 1.04. The molecule has 0 saturated heterocycles. The van der Waals surface area contributed by atoms with Crippen LogP contribution >= 0.6 is 11.3 Å². The van der Waals surface area contributed by atoms with Crippen molar-refractivity contribution in [2.45, 2.75) is 45.1 Å². The van der Waals surface area contributed by atoms with Crippen LogP contribution in [0.4, 0.5) is 0 Å². The van der Waals surface area contributed by atoms with Crippen LogP contribution in [-0.4, -0.2) is 31.8 Å². The molecule has 1 aliphatic carbocycles. The fraction of sp³-hybridized carbons (Fsp3) is 0.625. The number of carbonyl (C=O) groups excluding carboxylic acids is 1. The lowest BCUT2D eigenvalue weighted by Crippen LogP contribution is -2.39. The number of aromatic nitrogens is 4. The highest BCUT2D eigenvalue weighted by atomic mass is 32.1. The van der Waals surface area contributed by atoms with Gasteiger partial charge in [-0.25, -0.2) is 14.5 Å². The average molecular weight is 347 g/mol. The number of carbonyl (C=O) groups is 1. The molecule has 0 fully saturated rings. The molecule has 0 saturated carbocycles.